The summed E-state index contributed by atoms with van der Waals surface area (Å²) in [5.74, 6) is 0.394. The number of carbonyl (C=O) groups excluding carboxylic acids is 1. The molecule has 1 amide bonds. The number of nitrogens with one attached hydrogen (secondary N) is 1. The number of halogens is 1. The summed E-state index contributed by atoms with van der Waals surface area (Å²) in [5.41, 5.74) is 2.90. The predicted molar refractivity (Wildman–Crippen MR) is 103 cm³/mol. The molecule has 0 spiro atoms. The maximum absolute atomic E-state index is 12.6. The van der Waals surface area contributed by atoms with E-state index in [1.807, 2.05) is 61.7 Å². The SMILES string of the molecule is C[C@H](NC(=O)[C@@H]1C[C@@H]1c1ccccc1Br)c1cn(-c2ccccc2)nn1. The van der Waals surface area contributed by atoms with Crippen LogP contribution in [0.2, 0.25) is 0 Å². The van der Waals surface area contributed by atoms with Gasteiger partial charge < -0.3 is 5.32 Å². The van der Waals surface area contributed by atoms with E-state index in [1.54, 1.807) is 4.68 Å². The zero-order chi connectivity index (χ0) is 18.1. The average Bonchev–Trinajstić information content (AvgIpc) is 3.30. The van der Waals surface area contributed by atoms with Crippen molar-refractivity contribution in [2.24, 2.45) is 5.92 Å². The van der Waals surface area contributed by atoms with Crippen molar-refractivity contribution < 1.29 is 4.79 Å². The van der Waals surface area contributed by atoms with Gasteiger partial charge in [0.25, 0.3) is 0 Å². The number of aromatic nitrogens is 3. The highest BCUT2D eigenvalue weighted by atomic mass is 79.9. The number of rotatable bonds is 5. The van der Waals surface area contributed by atoms with E-state index < -0.39 is 0 Å². The smallest absolute Gasteiger partial charge is 0.224 e. The molecule has 0 bridgehead atoms. The molecule has 1 heterocycles. The third-order valence-corrected chi connectivity index (χ3v) is 5.49. The minimum Gasteiger partial charge on any atom is -0.348 e. The monoisotopic (exact) mass is 410 g/mol. The van der Waals surface area contributed by atoms with Crippen molar-refractivity contribution in [2.45, 2.75) is 25.3 Å². The van der Waals surface area contributed by atoms with Crippen LogP contribution >= 0.6 is 15.9 Å². The molecule has 1 aliphatic rings. The second kappa shape index (κ2) is 7.03. The first-order valence-corrected chi connectivity index (χ1v) is 9.45. The first kappa shape index (κ1) is 17.0. The largest absolute Gasteiger partial charge is 0.348 e. The molecule has 1 aromatic heterocycles. The molecular weight excluding hydrogens is 392 g/mol. The molecule has 132 valence electrons. The fourth-order valence-electron chi connectivity index (χ4n) is 3.18. The van der Waals surface area contributed by atoms with E-state index in [4.69, 9.17) is 0 Å². The highest BCUT2D eigenvalue weighted by Crippen LogP contribution is 2.49. The number of nitrogens with zero attached hydrogens (tertiary/aromatic N) is 3. The quantitative estimate of drug-likeness (QED) is 0.690. The van der Waals surface area contributed by atoms with Gasteiger partial charge >= 0.3 is 0 Å². The van der Waals surface area contributed by atoms with Gasteiger partial charge in [0, 0.05) is 10.4 Å². The molecule has 2 aromatic carbocycles. The van der Waals surface area contributed by atoms with E-state index in [0.29, 0.717) is 0 Å². The van der Waals surface area contributed by atoms with Crippen LogP contribution in [-0.2, 0) is 4.79 Å². The molecule has 5 nitrogen and oxygen atoms in total. The van der Waals surface area contributed by atoms with Gasteiger partial charge in [-0.25, -0.2) is 4.68 Å². The Morgan fingerprint density at radius 3 is 2.69 bits per heavy atom. The number of hydrogen-bond donors (Lipinski definition) is 1. The van der Waals surface area contributed by atoms with Crippen molar-refractivity contribution in [1.29, 1.82) is 0 Å². The molecule has 0 radical (unpaired) electrons. The summed E-state index contributed by atoms with van der Waals surface area (Å²) >= 11 is 3.57. The Morgan fingerprint density at radius 2 is 1.92 bits per heavy atom. The Bertz CT molecular complexity index is 924. The molecule has 3 aromatic rings. The van der Waals surface area contributed by atoms with Crippen molar-refractivity contribution in [2.75, 3.05) is 0 Å². The lowest BCUT2D eigenvalue weighted by Gasteiger charge is -2.11. The number of para-hydroxylation sites is 1. The van der Waals surface area contributed by atoms with Crippen LogP contribution in [0.25, 0.3) is 5.69 Å². The van der Waals surface area contributed by atoms with Gasteiger partial charge in [-0.3, -0.25) is 4.79 Å². The third-order valence-electron chi connectivity index (χ3n) is 4.77. The van der Waals surface area contributed by atoms with Crippen LogP contribution in [0.15, 0.2) is 65.3 Å². The van der Waals surface area contributed by atoms with E-state index in [-0.39, 0.29) is 23.8 Å². The van der Waals surface area contributed by atoms with Crippen LogP contribution in [0.4, 0.5) is 0 Å². The summed E-state index contributed by atoms with van der Waals surface area (Å²) in [6, 6.07) is 17.7. The summed E-state index contributed by atoms with van der Waals surface area (Å²) in [4.78, 5) is 12.6. The molecule has 6 heteroatoms. The zero-order valence-electron chi connectivity index (χ0n) is 14.3. The topological polar surface area (TPSA) is 59.8 Å². The Balaban J connectivity index is 1.40. The van der Waals surface area contributed by atoms with Gasteiger partial charge in [0.1, 0.15) is 5.69 Å². The van der Waals surface area contributed by atoms with E-state index in [1.165, 1.54) is 5.56 Å². The van der Waals surface area contributed by atoms with Crippen LogP contribution in [0.1, 0.15) is 36.6 Å². The van der Waals surface area contributed by atoms with Gasteiger partial charge in [-0.15, -0.1) is 5.10 Å². The molecule has 0 saturated heterocycles. The molecule has 3 atom stereocenters. The van der Waals surface area contributed by atoms with Crippen LogP contribution in [-0.4, -0.2) is 20.9 Å². The average molecular weight is 411 g/mol. The highest BCUT2D eigenvalue weighted by Gasteiger charge is 2.45. The molecule has 0 aliphatic heterocycles. The van der Waals surface area contributed by atoms with Crippen molar-refractivity contribution in [3.8, 4) is 5.69 Å². The van der Waals surface area contributed by atoms with E-state index in [0.717, 1.165) is 22.3 Å². The van der Waals surface area contributed by atoms with Crippen LogP contribution in [0.3, 0.4) is 0 Å². The number of hydrogen-bond acceptors (Lipinski definition) is 3. The molecule has 26 heavy (non-hydrogen) atoms. The second-order valence-corrected chi connectivity index (χ2v) is 7.48. The Labute approximate surface area is 160 Å². The standard InChI is InChI=1S/C20H19BrN4O/c1-13(19-12-25(24-23-19)14-7-3-2-4-8-14)22-20(26)17-11-16(17)15-9-5-6-10-18(15)21/h2-10,12-13,16-17H,11H2,1H3,(H,22,26)/t13-,16+,17+/m0/s1. The second-order valence-electron chi connectivity index (χ2n) is 6.62. The summed E-state index contributed by atoms with van der Waals surface area (Å²) in [6.45, 7) is 1.94. The first-order valence-electron chi connectivity index (χ1n) is 8.66. The highest BCUT2D eigenvalue weighted by molar-refractivity contribution is 9.10. The summed E-state index contributed by atoms with van der Waals surface area (Å²) < 4.78 is 2.79. The Morgan fingerprint density at radius 1 is 1.19 bits per heavy atom. The van der Waals surface area contributed by atoms with Crippen molar-refractivity contribution >= 4 is 21.8 Å². The molecule has 1 aliphatic carbocycles. The third kappa shape index (κ3) is 3.42. The lowest BCUT2D eigenvalue weighted by Crippen LogP contribution is -2.28. The predicted octanol–water partition coefficient (Wildman–Crippen LogP) is 4.01. The van der Waals surface area contributed by atoms with Gasteiger partial charge in [-0.05, 0) is 43.0 Å². The fourth-order valence-corrected chi connectivity index (χ4v) is 3.76. The molecule has 0 unspecified atom stereocenters. The van der Waals surface area contributed by atoms with Crippen LogP contribution in [0, 0.1) is 5.92 Å². The Kier molecular flexibility index (Phi) is 4.59. The van der Waals surface area contributed by atoms with Gasteiger partial charge in [-0.1, -0.05) is 57.5 Å². The normalized spacial score (nSPS) is 19.8. The van der Waals surface area contributed by atoms with Gasteiger partial charge in [0.15, 0.2) is 0 Å². The van der Waals surface area contributed by atoms with Crippen molar-refractivity contribution in [3.05, 3.63) is 76.5 Å². The molecule has 1 fully saturated rings. The number of carbonyl (C=O) groups is 1. The number of amides is 1. The van der Waals surface area contributed by atoms with Gasteiger partial charge in [0.05, 0.1) is 17.9 Å². The minimum absolute atomic E-state index is 0.0281. The maximum Gasteiger partial charge on any atom is 0.224 e. The lowest BCUT2D eigenvalue weighted by molar-refractivity contribution is -0.123. The molecular formula is C20H19BrN4O. The van der Waals surface area contributed by atoms with Crippen molar-refractivity contribution in [1.82, 2.24) is 20.3 Å². The van der Waals surface area contributed by atoms with E-state index in [2.05, 4.69) is 37.6 Å². The molecule has 1 saturated carbocycles. The van der Waals surface area contributed by atoms with Crippen LogP contribution in [0.5, 0.6) is 0 Å². The summed E-state index contributed by atoms with van der Waals surface area (Å²) in [7, 11) is 0. The van der Waals surface area contributed by atoms with Gasteiger partial charge in [0.2, 0.25) is 5.91 Å². The minimum atomic E-state index is -0.180. The van der Waals surface area contributed by atoms with E-state index >= 15 is 0 Å². The van der Waals surface area contributed by atoms with Gasteiger partial charge in [-0.2, -0.15) is 0 Å². The molecule has 1 N–H and O–H groups in total. The molecule has 4 rings (SSSR count). The maximum atomic E-state index is 12.6. The zero-order valence-corrected chi connectivity index (χ0v) is 15.9. The fraction of sp³-hybridized carbons (Fsp3) is 0.250. The summed E-state index contributed by atoms with van der Waals surface area (Å²) in [5, 5.41) is 11.4. The van der Waals surface area contributed by atoms with Crippen molar-refractivity contribution in [3.63, 3.8) is 0 Å². The van der Waals surface area contributed by atoms with E-state index in [9.17, 15) is 4.79 Å². The first-order chi connectivity index (χ1) is 12.6. The summed E-state index contributed by atoms with van der Waals surface area (Å²) in [6.07, 6.45) is 2.75. The Hall–Kier alpha value is -2.47. The lowest BCUT2D eigenvalue weighted by atomic mass is 10.1. The van der Waals surface area contributed by atoms with Crippen LogP contribution < -0.4 is 5.32 Å². The number of benzene rings is 2.